The van der Waals surface area contributed by atoms with Crippen LogP contribution in [0.25, 0.3) is 0 Å². The summed E-state index contributed by atoms with van der Waals surface area (Å²) in [5.41, 5.74) is 3.18. The maximum Gasteiger partial charge on any atom is 0.254 e. The van der Waals surface area contributed by atoms with Crippen molar-refractivity contribution in [2.24, 2.45) is 0 Å². The molecule has 2 atom stereocenters. The van der Waals surface area contributed by atoms with E-state index in [9.17, 15) is 4.79 Å². The first-order chi connectivity index (χ1) is 11.8. The first-order valence-electron chi connectivity index (χ1n) is 8.45. The molecule has 0 unspecified atom stereocenters. The molecule has 2 aromatic carbocycles. The molecule has 0 saturated carbocycles. The highest BCUT2D eigenvalue weighted by Gasteiger charge is 2.28. The van der Waals surface area contributed by atoms with Crippen LogP contribution in [0.4, 0.5) is 0 Å². The number of amides is 1. The van der Waals surface area contributed by atoms with Gasteiger partial charge in [0, 0.05) is 6.61 Å². The quantitative estimate of drug-likeness (QED) is 0.858. The van der Waals surface area contributed by atoms with E-state index in [1.165, 1.54) is 5.56 Å². The molecular formula is C20H23NO3. The number of benzene rings is 2. The van der Waals surface area contributed by atoms with Crippen LogP contribution >= 0.6 is 0 Å². The van der Waals surface area contributed by atoms with Crippen LogP contribution in [0.15, 0.2) is 54.6 Å². The lowest BCUT2D eigenvalue weighted by Gasteiger charge is -2.27. The molecular weight excluding hydrogens is 302 g/mol. The topological polar surface area (TPSA) is 58.6 Å². The first-order valence-corrected chi connectivity index (χ1v) is 8.45. The Labute approximate surface area is 142 Å². The SMILES string of the molecule is O=C(N[C@@H](CCCO)c1ccccc1)[C@@H]1OCCc2ccccc21. The molecule has 0 bridgehead atoms. The number of rotatable bonds is 6. The van der Waals surface area contributed by atoms with E-state index in [-0.39, 0.29) is 18.6 Å². The van der Waals surface area contributed by atoms with Crippen molar-refractivity contribution in [1.29, 1.82) is 0 Å². The molecule has 2 N–H and O–H groups in total. The van der Waals surface area contributed by atoms with Crippen LogP contribution in [0.3, 0.4) is 0 Å². The molecule has 1 heterocycles. The Morgan fingerprint density at radius 1 is 1.17 bits per heavy atom. The Balaban J connectivity index is 1.76. The number of fused-ring (bicyclic) bond motifs is 1. The fraction of sp³-hybridized carbons (Fsp3) is 0.350. The largest absolute Gasteiger partial charge is 0.396 e. The van der Waals surface area contributed by atoms with E-state index in [1.807, 2.05) is 48.5 Å². The minimum Gasteiger partial charge on any atom is -0.396 e. The van der Waals surface area contributed by atoms with Crippen molar-refractivity contribution in [1.82, 2.24) is 5.32 Å². The zero-order chi connectivity index (χ0) is 16.8. The molecule has 126 valence electrons. The number of hydrogen-bond acceptors (Lipinski definition) is 3. The van der Waals surface area contributed by atoms with Gasteiger partial charge >= 0.3 is 0 Å². The summed E-state index contributed by atoms with van der Waals surface area (Å²) in [6.45, 7) is 0.670. The molecule has 1 amide bonds. The van der Waals surface area contributed by atoms with Crippen LogP contribution in [0.5, 0.6) is 0 Å². The number of hydrogen-bond donors (Lipinski definition) is 2. The van der Waals surface area contributed by atoms with Gasteiger partial charge in [-0.15, -0.1) is 0 Å². The van der Waals surface area contributed by atoms with Crippen molar-refractivity contribution in [3.8, 4) is 0 Å². The van der Waals surface area contributed by atoms with Crippen LogP contribution < -0.4 is 5.32 Å². The normalized spacial score (nSPS) is 17.8. The van der Waals surface area contributed by atoms with Crippen LogP contribution in [-0.2, 0) is 16.0 Å². The third-order valence-corrected chi connectivity index (χ3v) is 4.40. The zero-order valence-electron chi connectivity index (χ0n) is 13.7. The minimum absolute atomic E-state index is 0.113. The van der Waals surface area contributed by atoms with Crippen molar-refractivity contribution in [2.75, 3.05) is 13.2 Å². The Bertz CT molecular complexity index is 672. The first kappa shape index (κ1) is 16.7. The summed E-state index contributed by atoms with van der Waals surface area (Å²) in [5.74, 6) is -0.117. The fourth-order valence-corrected chi connectivity index (χ4v) is 3.16. The number of carbonyl (C=O) groups excluding carboxylic acids is 1. The smallest absolute Gasteiger partial charge is 0.254 e. The van der Waals surface area contributed by atoms with Crippen molar-refractivity contribution in [2.45, 2.75) is 31.4 Å². The van der Waals surface area contributed by atoms with Gasteiger partial charge in [0.2, 0.25) is 0 Å². The summed E-state index contributed by atoms with van der Waals surface area (Å²) < 4.78 is 5.75. The molecule has 24 heavy (non-hydrogen) atoms. The van der Waals surface area contributed by atoms with Gasteiger partial charge in [0.05, 0.1) is 12.6 Å². The lowest BCUT2D eigenvalue weighted by Crippen LogP contribution is -2.36. The Morgan fingerprint density at radius 3 is 2.71 bits per heavy atom. The van der Waals surface area contributed by atoms with Gasteiger partial charge in [0.25, 0.3) is 5.91 Å². The van der Waals surface area contributed by atoms with Gasteiger partial charge < -0.3 is 15.2 Å². The van der Waals surface area contributed by atoms with Crippen molar-refractivity contribution >= 4 is 5.91 Å². The zero-order valence-corrected chi connectivity index (χ0v) is 13.7. The summed E-state index contributed by atoms with van der Waals surface area (Å²) >= 11 is 0. The van der Waals surface area contributed by atoms with Gasteiger partial charge in [-0.3, -0.25) is 4.79 Å². The van der Waals surface area contributed by atoms with Gasteiger partial charge in [-0.2, -0.15) is 0 Å². The van der Waals surface area contributed by atoms with E-state index in [0.29, 0.717) is 19.4 Å². The number of aliphatic hydroxyl groups is 1. The van der Waals surface area contributed by atoms with Crippen molar-refractivity contribution in [3.63, 3.8) is 0 Å². The number of carbonyl (C=O) groups is 1. The highest BCUT2D eigenvalue weighted by molar-refractivity contribution is 5.83. The van der Waals surface area contributed by atoms with E-state index in [4.69, 9.17) is 9.84 Å². The molecule has 1 aliphatic rings. The highest BCUT2D eigenvalue weighted by atomic mass is 16.5. The van der Waals surface area contributed by atoms with Gasteiger partial charge in [-0.05, 0) is 36.0 Å². The predicted octanol–water partition coefficient (Wildman–Crippen LogP) is 2.93. The number of nitrogens with one attached hydrogen (secondary N) is 1. The molecule has 3 rings (SSSR count). The third-order valence-electron chi connectivity index (χ3n) is 4.40. The van der Waals surface area contributed by atoms with Crippen LogP contribution in [0, 0.1) is 0 Å². The monoisotopic (exact) mass is 325 g/mol. The summed E-state index contributed by atoms with van der Waals surface area (Å²) in [6, 6.07) is 17.7. The summed E-state index contributed by atoms with van der Waals surface area (Å²) in [5, 5.41) is 12.2. The highest BCUT2D eigenvalue weighted by Crippen LogP contribution is 2.28. The van der Waals surface area contributed by atoms with E-state index >= 15 is 0 Å². The summed E-state index contributed by atoms with van der Waals surface area (Å²) in [6.07, 6.45) is 1.62. The van der Waals surface area contributed by atoms with Crippen molar-refractivity contribution in [3.05, 3.63) is 71.3 Å². The van der Waals surface area contributed by atoms with Crippen molar-refractivity contribution < 1.29 is 14.6 Å². The van der Waals surface area contributed by atoms with Gasteiger partial charge in [0.15, 0.2) is 6.10 Å². The minimum atomic E-state index is -0.560. The molecule has 1 aliphatic heterocycles. The standard InChI is InChI=1S/C20H23NO3/c22-13-6-11-18(16-8-2-1-3-9-16)21-20(23)19-17-10-5-4-7-15(17)12-14-24-19/h1-5,7-10,18-19,22H,6,11-14H2,(H,21,23)/t18-,19+/m0/s1. The van der Waals surface area contributed by atoms with Gasteiger partial charge in [-0.25, -0.2) is 0 Å². The fourth-order valence-electron chi connectivity index (χ4n) is 3.16. The molecule has 2 aromatic rings. The maximum absolute atomic E-state index is 12.8. The van der Waals surface area contributed by atoms with Crippen LogP contribution in [0.1, 0.15) is 41.7 Å². The lowest BCUT2D eigenvalue weighted by atomic mass is 9.96. The predicted molar refractivity (Wildman–Crippen MR) is 92.5 cm³/mol. The number of aliphatic hydroxyl groups excluding tert-OH is 1. The Kier molecular flexibility index (Phi) is 5.62. The molecule has 0 saturated heterocycles. The molecule has 0 aromatic heterocycles. The van der Waals surface area contributed by atoms with E-state index in [2.05, 4.69) is 11.4 Å². The second-order valence-corrected chi connectivity index (χ2v) is 6.04. The van der Waals surface area contributed by atoms with Gasteiger partial charge in [-0.1, -0.05) is 54.6 Å². The molecule has 0 fully saturated rings. The average molecular weight is 325 g/mol. The summed E-state index contributed by atoms with van der Waals surface area (Å²) in [7, 11) is 0. The molecule has 0 aliphatic carbocycles. The summed E-state index contributed by atoms with van der Waals surface area (Å²) in [4.78, 5) is 12.8. The van der Waals surface area contributed by atoms with Gasteiger partial charge in [0.1, 0.15) is 0 Å². The molecule has 4 nitrogen and oxygen atoms in total. The number of ether oxygens (including phenoxy) is 1. The third kappa shape index (κ3) is 3.83. The van der Waals surface area contributed by atoms with Crippen LogP contribution in [0.2, 0.25) is 0 Å². The lowest BCUT2D eigenvalue weighted by molar-refractivity contribution is -0.135. The Morgan fingerprint density at radius 2 is 1.92 bits per heavy atom. The maximum atomic E-state index is 12.8. The molecule has 0 spiro atoms. The Hall–Kier alpha value is -2.17. The second kappa shape index (κ2) is 8.08. The van der Waals surface area contributed by atoms with E-state index in [0.717, 1.165) is 17.5 Å². The van der Waals surface area contributed by atoms with E-state index in [1.54, 1.807) is 0 Å². The second-order valence-electron chi connectivity index (χ2n) is 6.04. The van der Waals surface area contributed by atoms with E-state index < -0.39 is 6.10 Å². The molecule has 4 heteroatoms. The molecule has 0 radical (unpaired) electrons. The van der Waals surface area contributed by atoms with Crippen LogP contribution in [-0.4, -0.2) is 24.2 Å². The average Bonchev–Trinajstić information content (AvgIpc) is 2.65.